The summed E-state index contributed by atoms with van der Waals surface area (Å²) < 4.78 is 6.33. The summed E-state index contributed by atoms with van der Waals surface area (Å²) in [5.74, 6) is 0.519. The minimum Gasteiger partial charge on any atom is -0.356 e. The minimum absolute atomic E-state index is 0.519. The number of nitrogens with one attached hydrogen (secondary N) is 1. The lowest BCUT2D eigenvalue weighted by molar-refractivity contribution is 0.393. The maximum atomic E-state index is 5.26. The third-order valence-corrected chi connectivity index (χ3v) is 3.12. The lowest BCUT2D eigenvalue weighted by Crippen LogP contribution is -2.40. The fourth-order valence-corrected chi connectivity index (χ4v) is 2.07. The molecule has 14 heavy (non-hydrogen) atoms. The molecule has 0 atom stereocenters. The molecule has 0 unspecified atom stereocenters. The molecule has 1 saturated heterocycles. The van der Waals surface area contributed by atoms with E-state index in [0.717, 1.165) is 34.2 Å². The zero-order chi connectivity index (χ0) is 9.54. The quantitative estimate of drug-likeness (QED) is 0.847. The van der Waals surface area contributed by atoms with Gasteiger partial charge in [0, 0.05) is 28.9 Å². The van der Waals surface area contributed by atoms with Crippen LogP contribution in [0.25, 0.3) is 11.0 Å². The number of hydrogen-bond donors (Lipinski definition) is 1. The second kappa shape index (κ2) is 3.07. The van der Waals surface area contributed by atoms with Crippen molar-refractivity contribution in [2.45, 2.75) is 5.92 Å². The van der Waals surface area contributed by atoms with Gasteiger partial charge in [0.2, 0.25) is 0 Å². The standard InChI is InChI=1S/C10H9BrN2O/c11-7-1-2-9-8(3-7)10(13-14-9)6-4-12-5-6/h1-3,6,12H,4-5H2. The first-order valence-electron chi connectivity index (χ1n) is 4.60. The third-order valence-electron chi connectivity index (χ3n) is 2.63. The predicted molar refractivity (Wildman–Crippen MR) is 57.3 cm³/mol. The Labute approximate surface area is 89.6 Å². The topological polar surface area (TPSA) is 38.1 Å². The van der Waals surface area contributed by atoms with Crippen molar-refractivity contribution in [2.75, 3.05) is 13.1 Å². The molecule has 0 aliphatic carbocycles. The van der Waals surface area contributed by atoms with E-state index in [4.69, 9.17) is 4.52 Å². The predicted octanol–water partition coefficient (Wildman–Crippen LogP) is 2.28. The van der Waals surface area contributed by atoms with Crippen molar-refractivity contribution in [3.05, 3.63) is 28.4 Å². The summed E-state index contributed by atoms with van der Waals surface area (Å²) in [5, 5.41) is 8.49. The smallest absolute Gasteiger partial charge is 0.167 e. The van der Waals surface area contributed by atoms with Gasteiger partial charge in [-0.2, -0.15) is 0 Å². The van der Waals surface area contributed by atoms with Crippen molar-refractivity contribution < 1.29 is 4.52 Å². The molecular formula is C10H9BrN2O. The minimum atomic E-state index is 0.519. The molecule has 2 heterocycles. The summed E-state index contributed by atoms with van der Waals surface area (Å²) in [6.07, 6.45) is 0. The highest BCUT2D eigenvalue weighted by Crippen LogP contribution is 2.29. The van der Waals surface area contributed by atoms with Crippen LogP contribution in [0.5, 0.6) is 0 Å². The number of hydrogen-bond acceptors (Lipinski definition) is 3. The second-order valence-electron chi connectivity index (χ2n) is 3.56. The number of nitrogens with zero attached hydrogens (tertiary/aromatic N) is 1. The molecular weight excluding hydrogens is 244 g/mol. The molecule has 0 saturated carbocycles. The van der Waals surface area contributed by atoms with E-state index in [-0.39, 0.29) is 0 Å². The van der Waals surface area contributed by atoms with E-state index < -0.39 is 0 Å². The Bertz CT molecular complexity index is 476. The number of halogens is 1. The highest BCUT2D eigenvalue weighted by Gasteiger charge is 2.24. The van der Waals surface area contributed by atoms with Crippen molar-refractivity contribution >= 4 is 26.9 Å². The summed E-state index contributed by atoms with van der Waals surface area (Å²) in [5.41, 5.74) is 1.95. The molecule has 1 aliphatic heterocycles. The van der Waals surface area contributed by atoms with Crippen LogP contribution in [0, 0.1) is 0 Å². The van der Waals surface area contributed by atoms with Crippen molar-refractivity contribution in [3.63, 3.8) is 0 Å². The van der Waals surface area contributed by atoms with Gasteiger partial charge < -0.3 is 9.84 Å². The Balaban J connectivity index is 2.18. The van der Waals surface area contributed by atoms with Gasteiger partial charge in [0.1, 0.15) is 0 Å². The molecule has 1 aliphatic rings. The Morgan fingerprint density at radius 3 is 3.00 bits per heavy atom. The molecule has 3 rings (SSSR count). The molecule has 1 aromatic heterocycles. The molecule has 0 amide bonds. The van der Waals surface area contributed by atoms with Crippen LogP contribution in [0.15, 0.2) is 27.2 Å². The van der Waals surface area contributed by atoms with Crippen LogP contribution in [-0.4, -0.2) is 18.2 Å². The Morgan fingerprint density at radius 2 is 2.29 bits per heavy atom. The van der Waals surface area contributed by atoms with Crippen molar-refractivity contribution in [1.29, 1.82) is 0 Å². The molecule has 1 fully saturated rings. The lowest BCUT2D eigenvalue weighted by atomic mass is 9.97. The van der Waals surface area contributed by atoms with E-state index in [2.05, 4.69) is 32.5 Å². The van der Waals surface area contributed by atoms with Crippen molar-refractivity contribution in [2.24, 2.45) is 0 Å². The maximum Gasteiger partial charge on any atom is 0.167 e. The average Bonchev–Trinajstić information content (AvgIpc) is 2.46. The van der Waals surface area contributed by atoms with Gasteiger partial charge in [-0.15, -0.1) is 0 Å². The number of fused-ring (bicyclic) bond motifs is 1. The number of benzene rings is 1. The van der Waals surface area contributed by atoms with Gasteiger partial charge in [-0.1, -0.05) is 21.1 Å². The Hall–Kier alpha value is -0.870. The molecule has 4 heteroatoms. The van der Waals surface area contributed by atoms with Crippen LogP contribution in [0.4, 0.5) is 0 Å². The average molecular weight is 253 g/mol. The summed E-state index contributed by atoms with van der Waals surface area (Å²) in [6, 6.07) is 5.98. The summed E-state index contributed by atoms with van der Waals surface area (Å²) >= 11 is 3.46. The van der Waals surface area contributed by atoms with Crippen LogP contribution in [0.3, 0.4) is 0 Å². The Morgan fingerprint density at radius 1 is 1.43 bits per heavy atom. The number of aromatic nitrogens is 1. The van der Waals surface area contributed by atoms with E-state index >= 15 is 0 Å². The van der Waals surface area contributed by atoms with Gasteiger partial charge in [-0.05, 0) is 18.2 Å². The van der Waals surface area contributed by atoms with E-state index in [1.807, 2.05) is 12.1 Å². The fraction of sp³-hybridized carbons (Fsp3) is 0.300. The molecule has 1 aromatic carbocycles. The van der Waals surface area contributed by atoms with Gasteiger partial charge in [0.05, 0.1) is 5.69 Å². The zero-order valence-electron chi connectivity index (χ0n) is 7.46. The normalized spacial score (nSPS) is 17.2. The van der Waals surface area contributed by atoms with Gasteiger partial charge in [0.15, 0.2) is 5.58 Å². The first-order valence-corrected chi connectivity index (χ1v) is 5.39. The van der Waals surface area contributed by atoms with E-state index in [9.17, 15) is 0 Å². The highest BCUT2D eigenvalue weighted by molar-refractivity contribution is 9.10. The lowest BCUT2D eigenvalue weighted by Gasteiger charge is -2.24. The molecule has 3 nitrogen and oxygen atoms in total. The molecule has 0 bridgehead atoms. The van der Waals surface area contributed by atoms with E-state index in [1.54, 1.807) is 0 Å². The van der Waals surface area contributed by atoms with Gasteiger partial charge >= 0.3 is 0 Å². The van der Waals surface area contributed by atoms with Gasteiger partial charge in [-0.3, -0.25) is 0 Å². The zero-order valence-corrected chi connectivity index (χ0v) is 9.04. The monoisotopic (exact) mass is 252 g/mol. The van der Waals surface area contributed by atoms with Crippen LogP contribution in [0.1, 0.15) is 11.6 Å². The van der Waals surface area contributed by atoms with Gasteiger partial charge in [-0.25, -0.2) is 0 Å². The van der Waals surface area contributed by atoms with E-state index in [0.29, 0.717) is 5.92 Å². The fourth-order valence-electron chi connectivity index (χ4n) is 1.71. The van der Waals surface area contributed by atoms with Crippen LogP contribution in [0.2, 0.25) is 0 Å². The van der Waals surface area contributed by atoms with Crippen LogP contribution >= 0.6 is 15.9 Å². The molecule has 1 N–H and O–H groups in total. The van der Waals surface area contributed by atoms with E-state index in [1.165, 1.54) is 0 Å². The van der Waals surface area contributed by atoms with Crippen LogP contribution in [-0.2, 0) is 0 Å². The second-order valence-corrected chi connectivity index (χ2v) is 4.48. The van der Waals surface area contributed by atoms with Crippen molar-refractivity contribution in [1.82, 2.24) is 10.5 Å². The van der Waals surface area contributed by atoms with Gasteiger partial charge in [0.25, 0.3) is 0 Å². The molecule has 2 aromatic rings. The molecule has 0 spiro atoms. The largest absolute Gasteiger partial charge is 0.356 e. The third kappa shape index (κ3) is 1.18. The first kappa shape index (κ1) is 8.44. The first-order chi connectivity index (χ1) is 6.84. The molecule has 72 valence electrons. The van der Waals surface area contributed by atoms with Crippen LogP contribution < -0.4 is 5.32 Å². The summed E-state index contributed by atoms with van der Waals surface area (Å²) in [6.45, 7) is 2.02. The maximum absolute atomic E-state index is 5.26. The highest BCUT2D eigenvalue weighted by atomic mass is 79.9. The molecule has 0 radical (unpaired) electrons. The summed E-state index contributed by atoms with van der Waals surface area (Å²) in [4.78, 5) is 0. The Kier molecular flexibility index (Phi) is 1.85. The van der Waals surface area contributed by atoms with Crippen molar-refractivity contribution in [3.8, 4) is 0 Å². The summed E-state index contributed by atoms with van der Waals surface area (Å²) in [7, 11) is 0. The SMILES string of the molecule is Brc1ccc2onc(C3CNC3)c2c1. The number of rotatable bonds is 1.